The molecule has 0 aliphatic rings. The fourth-order valence-electron chi connectivity index (χ4n) is 1.46. The van der Waals surface area contributed by atoms with Gasteiger partial charge in [0.2, 0.25) is 0 Å². The van der Waals surface area contributed by atoms with E-state index in [9.17, 15) is 4.79 Å². The second-order valence-electron chi connectivity index (χ2n) is 3.62. The van der Waals surface area contributed by atoms with Gasteiger partial charge in [0.25, 0.3) is 0 Å². The van der Waals surface area contributed by atoms with Gasteiger partial charge in [-0.25, -0.2) is 0 Å². The van der Waals surface area contributed by atoms with E-state index in [0.717, 1.165) is 10.9 Å². The molecule has 0 saturated carbocycles. The van der Waals surface area contributed by atoms with Crippen LogP contribution in [0.25, 0.3) is 10.9 Å². The third-order valence-corrected chi connectivity index (χ3v) is 2.34. The maximum atomic E-state index is 10.7. The van der Waals surface area contributed by atoms with Crippen LogP contribution >= 0.6 is 0 Å². The van der Waals surface area contributed by atoms with Crippen molar-refractivity contribution in [2.45, 2.75) is 13.0 Å². The van der Waals surface area contributed by atoms with Crippen molar-refractivity contribution in [1.82, 2.24) is 4.98 Å². The van der Waals surface area contributed by atoms with Gasteiger partial charge in [0, 0.05) is 5.39 Å². The molecule has 82 valence electrons. The van der Waals surface area contributed by atoms with Crippen LogP contribution in [0.1, 0.15) is 6.92 Å². The second-order valence-corrected chi connectivity index (χ2v) is 3.62. The van der Waals surface area contributed by atoms with E-state index in [1.54, 1.807) is 13.1 Å². The first-order valence-corrected chi connectivity index (χ1v) is 5.01. The average Bonchev–Trinajstić information content (AvgIpc) is 2.28. The van der Waals surface area contributed by atoms with Crippen molar-refractivity contribution >= 4 is 22.6 Å². The summed E-state index contributed by atoms with van der Waals surface area (Å²) in [5.41, 5.74) is 1.62. The van der Waals surface area contributed by atoms with E-state index in [1.165, 1.54) is 0 Å². The third kappa shape index (κ3) is 2.11. The summed E-state index contributed by atoms with van der Waals surface area (Å²) < 4.78 is 0. The van der Waals surface area contributed by atoms with Gasteiger partial charge >= 0.3 is 5.97 Å². The lowest BCUT2D eigenvalue weighted by atomic mass is 10.2. The van der Waals surface area contributed by atoms with Crippen molar-refractivity contribution in [3.05, 3.63) is 36.5 Å². The number of hydrogen-bond donors (Lipinski definition) is 2. The van der Waals surface area contributed by atoms with Gasteiger partial charge in [-0.1, -0.05) is 18.2 Å². The molecule has 0 radical (unpaired) electrons. The first-order valence-electron chi connectivity index (χ1n) is 5.01. The molecule has 1 atom stereocenters. The molecule has 2 aromatic rings. The van der Waals surface area contributed by atoms with Crippen LogP contribution < -0.4 is 5.32 Å². The molecular formula is C12H12N2O2. The number of hydrogen-bond acceptors (Lipinski definition) is 3. The summed E-state index contributed by atoms with van der Waals surface area (Å²) in [5.74, 6) is -0.881. The fourth-order valence-corrected chi connectivity index (χ4v) is 1.46. The number of fused-ring (bicyclic) bond motifs is 1. The first kappa shape index (κ1) is 10.4. The summed E-state index contributed by atoms with van der Waals surface area (Å²) in [5, 5.41) is 12.6. The van der Waals surface area contributed by atoms with E-state index in [0.29, 0.717) is 5.69 Å². The maximum absolute atomic E-state index is 10.7. The van der Waals surface area contributed by atoms with Crippen LogP contribution in [0.15, 0.2) is 36.5 Å². The van der Waals surface area contributed by atoms with Crippen LogP contribution in [-0.2, 0) is 4.79 Å². The third-order valence-electron chi connectivity index (χ3n) is 2.34. The van der Waals surface area contributed by atoms with Gasteiger partial charge < -0.3 is 10.4 Å². The zero-order chi connectivity index (χ0) is 11.5. The lowest BCUT2D eigenvalue weighted by molar-refractivity contribution is -0.137. The quantitative estimate of drug-likeness (QED) is 0.824. The lowest BCUT2D eigenvalue weighted by Crippen LogP contribution is -2.25. The van der Waals surface area contributed by atoms with E-state index in [2.05, 4.69) is 10.3 Å². The number of anilines is 1. The monoisotopic (exact) mass is 216 g/mol. The zero-order valence-corrected chi connectivity index (χ0v) is 8.84. The SMILES string of the molecule is C[C@H](Nc1cnc2ccccc2c1)C(=O)O. The number of rotatable bonds is 3. The molecule has 4 nitrogen and oxygen atoms in total. The van der Waals surface area contributed by atoms with Crippen LogP contribution in [0, 0.1) is 0 Å². The lowest BCUT2D eigenvalue weighted by Gasteiger charge is -2.10. The number of pyridine rings is 1. The predicted octanol–water partition coefficient (Wildman–Crippen LogP) is 2.12. The van der Waals surface area contributed by atoms with Gasteiger partial charge in [0.05, 0.1) is 17.4 Å². The number of aliphatic carboxylic acids is 1. The molecule has 1 aromatic carbocycles. The van der Waals surface area contributed by atoms with Crippen LogP contribution in [0.5, 0.6) is 0 Å². The minimum Gasteiger partial charge on any atom is -0.480 e. The Morgan fingerprint density at radius 1 is 1.44 bits per heavy atom. The molecule has 2 rings (SSSR count). The summed E-state index contributed by atoms with van der Waals surface area (Å²) in [4.78, 5) is 14.9. The molecule has 0 unspecified atom stereocenters. The van der Waals surface area contributed by atoms with Crippen LogP contribution in [0.2, 0.25) is 0 Å². The summed E-state index contributed by atoms with van der Waals surface area (Å²) in [6.45, 7) is 1.59. The van der Waals surface area contributed by atoms with Crippen LogP contribution in [0.4, 0.5) is 5.69 Å². The van der Waals surface area contributed by atoms with Gasteiger partial charge in [0.15, 0.2) is 0 Å². The van der Waals surface area contributed by atoms with Gasteiger partial charge in [-0.05, 0) is 19.1 Å². The van der Waals surface area contributed by atoms with Crippen LogP contribution in [-0.4, -0.2) is 22.1 Å². The number of benzene rings is 1. The Balaban J connectivity index is 2.29. The van der Waals surface area contributed by atoms with Gasteiger partial charge in [-0.2, -0.15) is 0 Å². The molecule has 0 spiro atoms. The van der Waals surface area contributed by atoms with Crippen molar-refractivity contribution in [3.63, 3.8) is 0 Å². The number of nitrogens with zero attached hydrogens (tertiary/aromatic N) is 1. The molecule has 0 fully saturated rings. The largest absolute Gasteiger partial charge is 0.480 e. The average molecular weight is 216 g/mol. The van der Waals surface area contributed by atoms with Crippen molar-refractivity contribution in [1.29, 1.82) is 0 Å². The number of para-hydroxylation sites is 1. The van der Waals surface area contributed by atoms with E-state index < -0.39 is 12.0 Å². The summed E-state index contributed by atoms with van der Waals surface area (Å²) in [6.07, 6.45) is 1.64. The van der Waals surface area contributed by atoms with E-state index >= 15 is 0 Å². The summed E-state index contributed by atoms with van der Waals surface area (Å²) in [6, 6.07) is 8.97. The Bertz CT molecular complexity index is 525. The molecule has 0 amide bonds. The Hall–Kier alpha value is -2.10. The van der Waals surface area contributed by atoms with Gasteiger partial charge in [-0.3, -0.25) is 9.78 Å². The topological polar surface area (TPSA) is 62.2 Å². The predicted molar refractivity (Wildman–Crippen MR) is 62.5 cm³/mol. The molecule has 16 heavy (non-hydrogen) atoms. The smallest absolute Gasteiger partial charge is 0.325 e. The molecule has 0 aliphatic heterocycles. The van der Waals surface area contributed by atoms with E-state index in [4.69, 9.17) is 5.11 Å². The standard InChI is InChI=1S/C12H12N2O2/c1-8(12(15)16)14-10-6-9-4-2-3-5-11(9)13-7-10/h2-8,14H,1H3,(H,15,16)/t8-/m0/s1. The van der Waals surface area contributed by atoms with Crippen LogP contribution in [0.3, 0.4) is 0 Å². The Labute approximate surface area is 92.9 Å². The highest BCUT2D eigenvalue weighted by Gasteiger charge is 2.10. The fraction of sp³-hybridized carbons (Fsp3) is 0.167. The molecule has 4 heteroatoms. The number of aromatic nitrogens is 1. The summed E-state index contributed by atoms with van der Waals surface area (Å²) >= 11 is 0. The van der Waals surface area contributed by atoms with Crippen molar-refractivity contribution in [3.8, 4) is 0 Å². The number of nitrogens with one attached hydrogen (secondary N) is 1. The minimum absolute atomic E-state index is 0.622. The molecular weight excluding hydrogens is 204 g/mol. The molecule has 0 saturated heterocycles. The Morgan fingerprint density at radius 2 is 2.19 bits per heavy atom. The van der Waals surface area contributed by atoms with E-state index in [1.807, 2.05) is 30.3 Å². The number of carboxylic acids is 1. The highest BCUT2D eigenvalue weighted by atomic mass is 16.4. The van der Waals surface area contributed by atoms with Gasteiger partial charge in [-0.15, -0.1) is 0 Å². The normalized spacial score (nSPS) is 12.3. The first-order chi connectivity index (χ1) is 7.66. The number of carbonyl (C=O) groups is 1. The van der Waals surface area contributed by atoms with Crippen molar-refractivity contribution in [2.24, 2.45) is 0 Å². The second kappa shape index (κ2) is 4.18. The highest BCUT2D eigenvalue weighted by molar-refractivity contribution is 5.83. The maximum Gasteiger partial charge on any atom is 0.325 e. The zero-order valence-electron chi connectivity index (χ0n) is 8.84. The molecule has 1 heterocycles. The Morgan fingerprint density at radius 3 is 2.94 bits per heavy atom. The van der Waals surface area contributed by atoms with Crippen molar-refractivity contribution in [2.75, 3.05) is 5.32 Å². The summed E-state index contributed by atoms with van der Waals surface area (Å²) in [7, 11) is 0. The number of carboxylic acid groups (broad SMARTS) is 1. The molecule has 0 bridgehead atoms. The molecule has 0 aliphatic carbocycles. The minimum atomic E-state index is -0.881. The molecule has 2 N–H and O–H groups in total. The van der Waals surface area contributed by atoms with Gasteiger partial charge in [0.1, 0.15) is 6.04 Å². The van der Waals surface area contributed by atoms with Crippen molar-refractivity contribution < 1.29 is 9.90 Å². The molecule has 1 aromatic heterocycles. The highest BCUT2D eigenvalue weighted by Crippen LogP contribution is 2.16. The Kier molecular flexibility index (Phi) is 2.72. The van der Waals surface area contributed by atoms with E-state index in [-0.39, 0.29) is 0 Å².